The normalized spacial score (nSPS) is 10.6. The molecule has 0 aliphatic rings. The van der Waals surface area contributed by atoms with Gasteiger partial charge in [-0.15, -0.1) is 11.3 Å². The van der Waals surface area contributed by atoms with Gasteiger partial charge in [-0.2, -0.15) is 0 Å². The predicted molar refractivity (Wildman–Crippen MR) is 57.5 cm³/mol. The molecule has 0 spiro atoms. The number of hydrogen-bond acceptors (Lipinski definition) is 4. The maximum absolute atomic E-state index is 10.8. The lowest BCUT2D eigenvalue weighted by atomic mass is 10.1. The highest BCUT2D eigenvalue weighted by Gasteiger charge is 2.10. The van der Waals surface area contributed by atoms with E-state index in [2.05, 4.69) is 0 Å². The van der Waals surface area contributed by atoms with E-state index in [-0.39, 0.29) is 6.61 Å². The third-order valence-electron chi connectivity index (χ3n) is 2.09. The first-order chi connectivity index (χ1) is 6.76. The third-order valence-corrected chi connectivity index (χ3v) is 3.24. The summed E-state index contributed by atoms with van der Waals surface area (Å²) in [6, 6.07) is 5.37. The van der Waals surface area contributed by atoms with Gasteiger partial charge in [0.25, 0.3) is 0 Å². The predicted octanol–water partition coefficient (Wildman–Crippen LogP) is 1.79. The second-order valence-corrected chi connectivity index (χ2v) is 4.11. The lowest BCUT2D eigenvalue weighted by molar-refractivity contribution is 0.112. The van der Waals surface area contributed by atoms with Gasteiger partial charge in [0.15, 0.2) is 6.29 Å². The van der Waals surface area contributed by atoms with Gasteiger partial charge in [-0.25, -0.2) is 0 Å². The molecule has 1 aromatic carbocycles. The van der Waals surface area contributed by atoms with E-state index in [1.807, 2.05) is 12.1 Å². The van der Waals surface area contributed by atoms with Crippen LogP contribution in [-0.4, -0.2) is 11.4 Å². The number of aldehydes is 1. The molecule has 0 unspecified atom stereocenters. The molecule has 3 N–H and O–H groups in total. The zero-order valence-electron chi connectivity index (χ0n) is 7.36. The number of carbonyl (C=O) groups is 1. The molecular weight excluding hydrogens is 198 g/mol. The van der Waals surface area contributed by atoms with Crippen molar-refractivity contribution in [2.75, 3.05) is 5.73 Å². The largest absolute Gasteiger partial charge is 0.399 e. The van der Waals surface area contributed by atoms with Crippen LogP contribution in [0.4, 0.5) is 5.69 Å². The lowest BCUT2D eigenvalue weighted by Crippen LogP contribution is -1.85. The van der Waals surface area contributed by atoms with Gasteiger partial charge in [0.2, 0.25) is 0 Å². The number of nitrogens with two attached hydrogens (primary N) is 1. The minimum Gasteiger partial charge on any atom is -0.399 e. The summed E-state index contributed by atoms with van der Waals surface area (Å²) in [5.74, 6) is 0. The number of nitrogen functional groups attached to an aromatic ring is 1. The standard InChI is InChI=1S/C10H9NO2S/c11-6-1-2-7-8(4-12)10(5-13)14-9(7)3-6/h1-4,13H,5,11H2. The van der Waals surface area contributed by atoms with Crippen molar-refractivity contribution in [2.24, 2.45) is 0 Å². The Kier molecular flexibility index (Phi) is 2.23. The summed E-state index contributed by atoms with van der Waals surface area (Å²) in [7, 11) is 0. The number of aliphatic hydroxyl groups excluding tert-OH is 1. The molecule has 0 aliphatic heterocycles. The molecule has 2 rings (SSSR count). The fraction of sp³-hybridized carbons (Fsp3) is 0.100. The van der Waals surface area contributed by atoms with Crippen molar-refractivity contribution in [1.29, 1.82) is 0 Å². The van der Waals surface area contributed by atoms with E-state index < -0.39 is 0 Å². The van der Waals surface area contributed by atoms with Crippen LogP contribution in [0, 0.1) is 0 Å². The number of anilines is 1. The first-order valence-corrected chi connectivity index (χ1v) is 4.95. The number of fused-ring (bicyclic) bond motifs is 1. The van der Waals surface area contributed by atoms with Crippen molar-refractivity contribution in [3.8, 4) is 0 Å². The quantitative estimate of drug-likeness (QED) is 0.583. The highest BCUT2D eigenvalue weighted by atomic mass is 32.1. The Labute approximate surface area is 84.8 Å². The molecule has 0 bridgehead atoms. The Morgan fingerprint density at radius 3 is 2.93 bits per heavy atom. The summed E-state index contributed by atoms with van der Waals surface area (Å²) in [4.78, 5) is 11.5. The number of thiophene rings is 1. The lowest BCUT2D eigenvalue weighted by Gasteiger charge is -1.93. The Morgan fingerprint density at radius 1 is 1.50 bits per heavy atom. The number of aliphatic hydroxyl groups is 1. The van der Waals surface area contributed by atoms with Gasteiger partial charge in [0.1, 0.15) is 0 Å². The fourth-order valence-electron chi connectivity index (χ4n) is 1.43. The molecule has 1 heterocycles. The first kappa shape index (κ1) is 9.18. The van der Waals surface area contributed by atoms with Gasteiger partial charge in [-0.1, -0.05) is 6.07 Å². The summed E-state index contributed by atoms with van der Waals surface area (Å²) in [5.41, 5.74) is 6.87. The molecule has 0 fully saturated rings. The molecule has 0 aliphatic carbocycles. The van der Waals surface area contributed by atoms with E-state index in [4.69, 9.17) is 10.8 Å². The van der Waals surface area contributed by atoms with E-state index in [0.717, 1.165) is 16.4 Å². The molecule has 1 aromatic heterocycles. The van der Waals surface area contributed by atoms with Gasteiger partial charge in [0.05, 0.1) is 6.61 Å². The zero-order valence-corrected chi connectivity index (χ0v) is 8.17. The number of hydrogen-bond donors (Lipinski definition) is 2. The Hall–Kier alpha value is -1.39. The van der Waals surface area contributed by atoms with Crippen LogP contribution in [0.2, 0.25) is 0 Å². The van der Waals surface area contributed by atoms with E-state index in [1.54, 1.807) is 6.07 Å². The Bertz CT molecular complexity index is 490. The monoisotopic (exact) mass is 207 g/mol. The second kappa shape index (κ2) is 3.40. The molecule has 4 heteroatoms. The summed E-state index contributed by atoms with van der Waals surface area (Å²) >= 11 is 1.40. The van der Waals surface area contributed by atoms with Crippen LogP contribution in [0.15, 0.2) is 18.2 Å². The van der Waals surface area contributed by atoms with Crippen LogP contribution in [0.25, 0.3) is 10.1 Å². The Balaban J connectivity index is 2.79. The maximum Gasteiger partial charge on any atom is 0.151 e. The van der Waals surface area contributed by atoms with Gasteiger partial charge in [-0.05, 0) is 12.1 Å². The van der Waals surface area contributed by atoms with Gasteiger partial charge < -0.3 is 10.8 Å². The molecule has 0 radical (unpaired) electrons. The molecule has 0 saturated carbocycles. The molecular formula is C10H9NO2S. The van der Waals surface area contributed by atoms with Crippen LogP contribution < -0.4 is 5.73 Å². The van der Waals surface area contributed by atoms with Gasteiger partial charge >= 0.3 is 0 Å². The third kappa shape index (κ3) is 1.29. The van der Waals surface area contributed by atoms with E-state index >= 15 is 0 Å². The SMILES string of the molecule is Nc1ccc2c(C=O)c(CO)sc2c1. The molecule has 2 aromatic rings. The molecule has 0 atom stereocenters. The van der Waals surface area contributed by atoms with Crippen molar-refractivity contribution in [3.05, 3.63) is 28.6 Å². The summed E-state index contributed by atoms with van der Waals surface area (Å²) in [6.07, 6.45) is 0.778. The van der Waals surface area contributed by atoms with Crippen LogP contribution in [0.5, 0.6) is 0 Å². The average molecular weight is 207 g/mol. The summed E-state index contributed by atoms with van der Waals surface area (Å²) in [6.45, 7) is -0.104. The molecule has 0 saturated heterocycles. The van der Waals surface area contributed by atoms with E-state index in [0.29, 0.717) is 16.1 Å². The van der Waals surface area contributed by atoms with Crippen molar-refractivity contribution in [2.45, 2.75) is 6.61 Å². The van der Waals surface area contributed by atoms with Crippen LogP contribution in [0.3, 0.4) is 0 Å². The van der Waals surface area contributed by atoms with Gasteiger partial charge in [0, 0.05) is 26.2 Å². The first-order valence-electron chi connectivity index (χ1n) is 4.13. The Morgan fingerprint density at radius 2 is 2.29 bits per heavy atom. The summed E-state index contributed by atoms with van der Waals surface area (Å²) in [5, 5.41) is 9.90. The summed E-state index contributed by atoms with van der Waals surface area (Å²) < 4.78 is 0.941. The average Bonchev–Trinajstić information content (AvgIpc) is 2.54. The minimum atomic E-state index is -0.104. The van der Waals surface area contributed by atoms with E-state index in [9.17, 15) is 4.79 Å². The molecule has 14 heavy (non-hydrogen) atoms. The van der Waals surface area contributed by atoms with Crippen LogP contribution >= 0.6 is 11.3 Å². The van der Waals surface area contributed by atoms with Gasteiger partial charge in [-0.3, -0.25) is 4.79 Å². The number of benzene rings is 1. The second-order valence-electron chi connectivity index (χ2n) is 2.97. The number of rotatable bonds is 2. The highest BCUT2D eigenvalue weighted by Crippen LogP contribution is 2.31. The number of carbonyl (C=O) groups excluding carboxylic acids is 1. The van der Waals surface area contributed by atoms with Crippen LogP contribution in [0.1, 0.15) is 15.2 Å². The van der Waals surface area contributed by atoms with Crippen molar-refractivity contribution in [1.82, 2.24) is 0 Å². The van der Waals surface area contributed by atoms with Crippen molar-refractivity contribution < 1.29 is 9.90 Å². The fourth-order valence-corrected chi connectivity index (χ4v) is 2.51. The highest BCUT2D eigenvalue weighted by molar-refractivity contribution is 7.19. The smallest absolute Gasteiger partial charge is 0.151 e. The van der Waals surface area contributed by atoms with E-state index in [1.165, 1.54) is 11.3 Å². The van der Waals surface area contributed by atoms with Crippen LogP contribution in [-0.2, 0) is 6.61 Å². The minimum absolute atomic E-state index is 0.104. The maximum atomic E-state index is 10.8. The molecule has 3 nitrogen and oxygen atoms in total. The van der Waals surface area contributed by atoms with Crippen molar-refractivity contribution in [3.63, 3.8) is 0 Å². The zero-order chi connectivity index (χ0) is 10.1. The van der Waals surface area contributed by atoms with Crippen molar-refractivity contribution >= 4 is 33.4 Å². The molecule has 72 valence electrons. The topological polar surface area (TPSA) is 63.3 Å². The molecule has 0 amide bonds.